The molecule has 1 aliphatic heterocycles. The van der Waals surface area contributed by atoms with Gasteiger partial charge in [0.2, 0.25) is 5.91 Å². The van der Waals surface area contributed by atoms with Crippen LogP contribution in [0.1, 0.15) is 58.3 Å². The second-order valence-electron chi connectivity index (χ2n) is 7.41. The molecule has 0 aromatic heterocycles. The molecule has 0 saturated heterocycles. The minimum absolute atomic E-state index is 0.0514. The Bertz CT molecular complexity index is 718. The van der Waals surface area contributed by atoms with E-state index >= 15 is 0 Å². The van der Waals surface area contributed by atoms with E-state index in [1.165, 1.54) is 11.8 Å². The molecule has 7 heteroatoms. The molecule has 1 aliphatic carbocycles. The van der Waals surface area contributed by atoms with Gasteiger partial charge in [-0.3, -0.25) is 14.4 Å². The van der Waals surface area contributed by atoms with Crippen LogP contribution in [0, 0.1) is 0 Å². The molecular weight excluding hydrogens is 376 g/mol. The number of anilines is 1. The number of fused-ring (bicyclic) bond motifs is 1. The first-order valence-electron chi connectivity index (χ1n) is 10.1. The van der Waals surface area contributed by atoms with Gasteiger partial charge in [0.1, 0.15) is 0 Å². The van der Waals surface area contributed by atoms with Crippen LogP contribution in [0.2, 0.25) is 0 Å². The summed E-state index contributed by atoms with van der Waals surface area (Å²) in [6.07, 6.45) is 5.62. The highest BCUT2D eigenvalue weighted by molar-refractivity contribution is 8.01. The first-order chi connectivity index (χ1) is 13.6. The third-order valence-electron chi connectivity index (χ3n) is 5.15. The Morgan fingerprint density at radius 2 is 2.04 bits per heavy atom. The van der Waals surface area contributed by atoms with Gasteiger partial charge in [0.15, 0.2) is 6.10 Å². The van der Waals surface area contributed by atoms with E-state index in [-0.39, 0.29) is 24.3 Å². The third-order valence-corrected chi connectivity index (χ3v) is 6.42. The second kappa shape index (κ2) is 9.96. The zero-order valence-electron chi connectivity index (χ0n) is 16.2. The molecule has 0 spiro atoms. The number of rotatable bonds is 8. The lowest BCUT2D eigenvalue weighted by molar-refractivity contribution is -0.157. The van der Waals surface area contributed by atoms with Crippen LogP contribution in [-0.4, -0.2) is 35.2 Å². The molecular formula is C21H28N2O4S. The van der Waals surface area contributed by atoms with Gasteiger partial charge in [-0.05, 0) is 37.8 Å². The highest BCUT2D eigenvalue weighted by Gasteiger charge is 2.32. The van der Waals surface area contributed by atoms with Crippen LogP contribution < -0.4 is 10.6 Å². The lowest BCUT2D eigenvalue weighted by Gasteiger charge is -2.24. The van der Waals surface area contributed by atoms with Crippen LogP contribution in [0.15, 0.2) is 29.2 Å². The number of hydrogen-bond donors (Lipinski definition) is 2. The van der Waals surface area contributed by atoms with Crippen molar-refractivity contribution >= 4 is 35.2 Å². The third kappa shape index (κ3) is 5.50. The summed E-state index contributed by atoms with van der Waals surface area (Å²) < 4.78 is 5.52. The number of benzene rings is 1. The molecule has 2 amide bonds. The van der Waals surface area contributed by atoms with Gasteiger partial charge in [0.05, 0.1) is 17.4 Å². The number of nitrogens with one attached hydrogen (secondary N) is 2. The van der Waals surface area contributed by atoms with Gasteiger partial charge in [-0.1, -0.05) is 38.3 Å². The van der Waals surface area contributed by atoms with E-state index in [0.717, 1.165) is 49.1 Å². The Morgan fingerprint density at radius 1 is 1.29 bits per heavy atom. The Hall–Kier alpha value is -2.02. The lowest BCUT2D eigenvalue weighted by atomic mass is 10.1. The average Bonchev–Trinajstić information content (AvgIpc) is 3.18. The largest absolute Gasteiger partial charge is 0.452 e. The van der Waals surface area contributed by atoms with E-state index in [9.17, 15) is 14.4 Å². The van der Waals surface area contributed by atoms with Gasteiger partial charge < -0.3 is 15.4 Å². The molecule has 0 bridgehead atoms. The zero-order chi connectivity index (χ0) is 19.9. The van der Waals surface area contributed by atoms with E-state index in [0.29, 0.717) is 6.42 Å². The Kier molecular flexibility index (Phi) is 7.36. The summed E-state index contributed by atoms with van der Waals surface area (Å²) in [5.74, 6) is -0.921. The fourth-order valence-electron chi connectivity index (χ4n) is 3.58. The standard InChI is InChI=1S/C21H28N2O4S/c1-2-3-11-16(20(25)22-14-8-4-5-9-14)27-19(24)13-18-21(26)23-15-10-6-7-12-17(15)28-18/h6-7,10,12,14,16,18H,2-5,8-9,11,13H2,1H3,(H,22,25)(H,23,26)/t16-,18+/m1/s1. The smallest absolute Gasteiger partial charge is 0.308 e. The number of para-hydroxylation sites is 1. The molecule has 28 heavy (non-hydrogen) atoms. The van der Waals surface area contributed by atoms with E-state index in [4.69, 9.17) is 4.74 Å². The predicted octanol–water partition coefficient (Wildman–Crippen LogP) is 3.65. The predicted molar refractivity (Wildman–Crippen MR) is 109 cm³/mol. The van der Waals surface area contributed by atoms with E-state index in [2.05, 4.69) is 10.6 Å². The summed E-state index contributed by atoms with van der Waals surface area (Å²) in [4.78, 5) is 38.3. The van der Waals surface area contributed by atoms with Gasteiger partial charge in [0.25, 0.3) is 5.91 Å². The molecule has 0 radical (unpaired) electrons. The summed E-state index contributed by atoms with van der Waals surface area (Å²) in [5.41, 5.74) is 0.763. The van der Waals surface area contributed by atoms with Crippen LogP contribution in [-0.2, 0) is 19.1 Å². The fraction of sp³-hybridized carbons (Fsp3) is 0.571. The summed E-state index contributed by atoms with van der Waals surface area (Å²) >= 11 is 1.36. The summed E-state index contributed by atoms with van der Waals surface area (Å²) in [5, 5.41) is 5.30. The van der Waals surface area contributed by atoms with E-state index in [1.807, 2.05) is 31.2 Å². The Morgan fingerprint density at radius 3 is 2.79 bits per heavy atom. The maximum atomic E-state index is 12.6. The average molecular weight is 405 g/mol. The van der Waals surface area contributed by atoms with Crippen LogP contribution in [0.4, 0.5) is 5.69 Å². The molecule has 1 aromatic rings. The van der Waals surface area contributed by atoms with Crippen molar-refractivity contribution in [2.45, 2.75) is 80.6 Å². The topological polar surface area (TPSA) is 84.5 Å². The minimum atomic E-state index is -0.781. The number of hydrogen-bond acceptors (Lipinski definition) is 5. The van der Waals surface area contributed by atoms with Crippen molar-refractivity contribution in [1.82, 2.24) is 5.32 Å². The number of unbranched alkanes of at least 4 members (excludes halogenated alkanes) is 1. The van der Waals surface area contributed by atoms with Crippen molar-refractivity contribution in [3.63, 3.8) is 0 Å². The fourth-order valence-corrected chi connectivity index (χ4v) is 4.68. The zero-order valence-corrected chi connectivity index (χ0v) is 17.1. The number of carbonyl (C=O) groups is 3. The van der Waals surface area contributed by atoms with Crippen molar-refractivity contribution in [3.8, 4) is 0 Å². The first kappa shape index (κ1) is 20.7. The van der Waals surface area contributed by atoms with Crippen LogP contribution in [0.5, 0.6) is 0 Å². The Labute approximate surface area is 170 Å². The van der Waals surface area contributed by atoms with Crippen molar-refractivity contribution in [3.05, 3.63) is 24.3 Å². The van der Waals surface area contributed by atoms with Crippen LogP contribution in [0.25, 0.3) is 0 Å². The SMILES string of the molecule is CCCC[C@@H](OC(=O)C[C@@H]1Sc2ccccc2NC1=O)C(=O)NC1CCCC1. The molecule has 3 rings (SSSR count). The first-order valence-corrected chi connectivity index (χ1v) is 11.0. The highest BCUT2D eigenvalue weighted by Crippen LogP contribution is 2.36. The van der Waals surface area contributed by atoms with Crippen molar-refractivity contribution in [2.24, 2.45) is 0 Å². The van der Waals surface area contributed by atoms with Gasteiger partial charge in [0, 0.05) is 10.9 Å². The normalized spacial score (nSPS) is 20.2. The number of thioether (sulfide) groups is 1. The van der Waals surface area contributed by atoms with Crippen molar-refractivity contribution in [2.75, 3.05) is 5.32 Å². The highest BCUT2D eigenvalue weighted by atomic mass is 32.2. The lowest BCUT2D eigenvalue weighted by Crippen LogP contribution is -2.42. The maximum absolute atomic E-state index is 12.6. The maximum Gasteiger partial charge on any atom is 0.308 e. The molecule has 1 heterocycles. The van der Waals surface area contributed by atoms with E-state index in [1.54, 1.807) is 0 Å². The molecule has 1 saturated carbocycles. The van der Waals surface area contributed by atoms with Crippen LogP contribution >= 0.6 is 11.8 Å². The number of carbonyl (C=O) groups excluding carboxylic acids is 3. The van der Waals surface area contributed by atoms with Gasteiger partial charge >= 0.3 is 5.97 Å². The quantitative estimate of drug-likeness (QED) is 0.646. The van der Waals surface area contributed by atoms with Gasteiger partial charge in [-0.15, -0.1) is 11.8 Å². The number of amides is 2. The second-order valence-corrected chi connectivity index (χ2v) is 8.65. The number of esters is 1. The molecule has 2 aliphatic rings. The minimum Gasteiger partial charge on any atom is -0.452 e. The molecule has 2 N–H and O–H groups in total. The molecule has 0 unspecified atom stereocenters. The van der Waals surface area contributed by atoms with Gasteiger partial charge in [-0.2, -0.15) is 0 Å². The van der Waals surface area contributed by atoms with Crippen molar-refractivity contribution in [1.29, 1.82) is 0 Å². The van der Waals surface area contributed by atoms with Crippen LogP contribution in [0.3, 0.4) is 0 Å². The molecule has 1 fully saturated rings. The monoisotopic (exact) mass is 404 g/mol. The summed E-state index contributed by atoms with van der Waals surface area (Å²) in [6.45, 7) is 2.04. The Balaban J connectivity index is 1.56. The van der Waals surface area contributed by atoms with Gasteiger partial charge in [-0.25, -0.2) is 0 Å². The molecule has 1 aromatic carbocycles. The summed E-state index contributed by atoms with van der Waals surface area (Å²) in [6, 6.07) is 7.69. The molecule has 152 valence electrons. The van der Waals surface area contributed by atoms with Crippen molar-refractivity contribution < 1.29 is 19.1 Å². The molecule has 6 nitrogen and oxygen atoms in total. The van der Waals surface area contributed by atoms with E-state index < -0.39 is 17.3 Å². The number of ether oxygens (including phenoxy) is 1. The summed E-state index contributed by atoms with van der Waals surface area (Å²) in [7, 11) is 0. The molecule has 2 atom stereocenters.